The molecule has 1 saturated carbocycles. The summed E-state index contributed by atoms with van der Waals surface area (Å²) in [7, 11) is 0. The lowest BCUT2D eigenvalue weighted by Crippen LogP contribution is -2.25. The van der Waals surface area contributed by atoms with E-state index < -0.39 is 0 Å². The van der Waals surface area contributed by atoms with Crippen molar-refractivity contribution in [2.24, 2.45) is 11.3 Å². The number of hydrogen-bond donors (Lipinski definition) is 1. The molecule has 80 valence electrons. The number of aliphatic hydroxyl groups is 1. The fourth-order valence-corrected chi connectivity index (χ4v) is 1.85. The first-order valence-electron chi connectivity index (χ1n) is 5.29. The van der Waals surface area contributed by atoms with E-state index in [0.717, 1.165) is 12.8 Å². The largest absolute Gasteiger partial charge is 0.512 e. The van der Waals surface area contributed by atoms with Crippen LogP contribution in [0.2, 0.25) is 0 Å². The van der Waals surface area contributed by atoms with Gasteiger partial charge < -0.3 is 5.11 Å². The predicted octanol–water partition coefficient (Wildman–Crippen LogP) is 3.23. The highest BCUT2D eigenvalue weighted by Crippen LogP contribution is 2.38. The molecule has 2 nitrogen and oxygen atoms in total. The highest BCUT2D eigenvalue weighted by Gasteiger charge is 2.31. The molecule has 0 bridgehead atoms. The average Bonchev–Trinajstić information content (AvgIpc) is 2.08. The summed E-state index contributed by atoms with van der Waals surface area (Å²) in [5, 5.41) is 9.81. The van der Waals surface area contributed by atoms with Crippen LogP contribution in [0.5, 0.6) is 0 Å². The van der Waals surface area contributed by atoms with Gasteiger partial charge in [-0.05, 0) is 18.3 Å². The molecule has 1 N–H and O–H groups in total. The van der Waals surface area contributed by atoms with E-state index >= 15 is 0 Å². The molecule has 0 aliphatic heterocycles. The van der Waals surface area contributed by atoms with Gasteiger partial charge in [-0.3, -0.25) is 4.79 Å². The topological polar surface area (TPSA) is 37.3 Å². The number of hydrogen-bond acceptors (Lipinski definition) is 2. The van der Waals surface area contributed by atoms with Crippen LogP contribution >= 0.6 is 0 Å². The van der Waals surface area contributed by atoms with Gasteiger partial charge in [0.2, 0.25) is 0 Å². The first kappa shape index (κ1) is 11.3. The first-order chi connectivity index (χ1) is 6.33. The zero-order chi connectivity index (χ0) is 10.9. The minimum absolute atomic E-state index is 0.0582. The van der Waals surface area contributed by atoms with Crippen molar-refractivity contribution in [2.75, 3.05) is 0 Å². The lowest BCUT2D eigenvalue weighted by Gasteiger charge is -2.31. The fourth-order valence-electron chi connectivity index (χ4n) is 1.85. The molecule has 2 heteroatoms. The van der Waals surface area contributed by atoms with Gasteiger partial charge in [-0.2, -0.15) is 0 Å². The number of carbonyl (C=O) groups excluding carboxylic acids is 1. The van der Waals surface area contributed by atoms with Gasteiger partial charge in [0, 0.05) is 17.9 Å². The van der Waals surface area contributed by atoms with E-state index in [-0.39, 0.29) is 17.1 Å². The van der Waals surface area contributed by atoms with Crippen LogP contribution in [0.3, 0.4) is 0 Å². The van der Waals surface area contributed by atoms with Crippen molar-refractivity contribution in [2.45, 2.75) is 47.0 Å². The van der Waals surface area contributed by atoms with Gasteiger partial charge in [-0.25, -0.2) is 0 Å². The van der Waals surface area contributed by atoms with Gasteiger partial charge in [0.05, 0.1) is 0 Å². The third-order valence-electron chi connectivity index (χ3n) is 2.88. The summed E-state index contributed by atoms with van der Waals surface area (Å²) < 4.78 is 0. The van der Waals surface area contributed by atoms with E-state index in [9.17, 15) is 9.90 Å². The van der Waals surface area contributed by atoms with Crippen molar-refractivity contribution >= 4 is 5.78 Å². The highest BCUT2D eigenvalue weighted by molar-refractivity contribution is 5.96. The molecule has 0 spiro atoms. The van der Waals surface area contributed by atoms with Crippen LogP contribution in [0.25, 0.3) is 0 Å². The number of aliphatic hydroxyl groups excluding tert-OH is 1. The van der Waals surface area contributed by atoms with Gasteiger partial charge >= 0.3 is 0 Å². The Kier molecular flexibility index (Phi) is 3.03. The van der Waals surface area contributed by atoms with Gasteiger partial charge in [0.25, 0.3) is 0 Å². The van der Waals surface area contributed by atoms with E-state index in [0.29, 0.717) is 17.8 Å². The summed E-state index contributed by atoms with van der Waals surface area (Å²) in [6.07, 6.45) is 2.23. The van der Waals surface area contributed by atoms with Crippen molar-refractivity contribution in [3.8, 4) is 0 Å². The zero-order valence-corrected chi connectivity index (χ0v) is 9.55. The molecule has 0 aromatic heterocycles. The van der Waals surface area contributed by atoms with Gasteiger partial charge in [-0.1, -0.05) is 27.7 Å². The van der Waals surface area contributed by atoms with Crippen LogP contribution in [0.15, 0.2) is 11.3 Å². The molecule has 0 aromatic rings. The molecule has 14 heavy (non-hydrogen) atoms. The van der Waals surface area contributed by atoms with Crippen molar-refractivity contribution in [3.63, 3.8) is 0 Å². The van der Waals surface area contributed by atoms with Gasteiger partial charge in [0.1, 0.15) is 5.76 Å². The fraction of sp³-hybridized carbons (Fsp3) is 0.750. The summed E-state index contributed by atoms with van der Waals surface area (Å²) in [5.74, 6) is 0.487. The monoisotopic (exact) mass is 196 g/mol. The SMILES string of the molecule is CC(C)C(O)=C1CC(C)(C)CCC1=O. The van der Waals surface area contributed by atoms with Crippen LogP contribution in [0.1, 0.15) is 47.0 Å². The Morgan fingerprint density at radius 1 is 1.43 bits per heavy atom. The molecule has 1 rings (SSSR count). The van der Waals surface area contributed by atoms with Crippen molar-refractivity contribution in [3.05, 3.63) is 11.3 Å². The van der Waals surface area contributed by atoms with E-state index in [1.165, 1.54) is 0 Å². The molecule has 1 aliphatic carbocycles. The molecular formula is C12H20O2. The van der Waals surface area contributed by atoms with E-state index in [1.54, 1.807) is 0 Å². The number of Topliss-reactive ketones (excluding diaryl/α,β-unsaturated/α-hetero) is 1. The second kappa shape index (κ2) is 3.76. The van der Waals surface area contributed by atoms with Crippen molar-refractivity contribution in [1.29, 1.82) is 0 Å². The first-order valence-corrected chi connectivity index (χ1v) is 5.29. The van der Waals surface area contributed by atoms with Crippen LogP contribution in [-0.4, -0.2) is 10.9 Å². The predicted molar refractivity (Wildman–Crippen MR) is 57.1 cm³/mol. The molecule has 0 unspecified atom stereocenters. The zero-order valence-electron chi connectivity index (χ0n) is 9.55. The molecule has 0 saturated heterocycles. The second-order valence-electron chi connectivity index (χ2n) is 5.28. The normalized spacial score (nSPS) is 25.4. The quantitative estimate of drug-likeness (QED) is 0.516. The molecule has 0 radical (unpaired) electrons. The average molecular weight is 196 g/mol. The van der Waals surface area contributed by atoms with Crippen LogP contribution in [0.4, 0.5) is 0 Å². The Morgan fingerprint density at radius 2 is 2.00 bits per heavy atom. The molecule has 1 fully saturated rings. The molecule has 1 aliphatic rings. The van der Waals surface area contributed by atoms with Crippen molar-refractivity contribution in [1.82, 2.24) is 0 Å². The summed E-state index contributed by atoms with van der Waals surface area (Å²) in [6.45, 7) is 8.12. The smallest absolute Gasteiger partial charge is 0.162 e. The van der Waals surface area contributed by atoms with Gasteiger partial charge in [0.15, 0.2) is 5.78 Å². The lowest BCUT2D eigenvalue weighted by molar-refractivity contribution is -0.118. The van der Waals surface area contributed by atoms with Crippen molar-refractivity contribution < 1.29 is 9.90 Å². The number of carbonyl (C=O) groups is 1. The maximum absolute atomic E-state index is 11.6. The van der Waals surface area contributed by atoms with Gasteiger partial charge in [-0.15, -0.1) is 0 Å². The van der Waals surface area contributed by atoms with E-state index in [4.69, 9.17) is 0 Å². The molecule has 0 amide bonds. The molecule has 0 heterocycles. The summed E-state index contributed by atoms with van der Waals surface area (Å²) in [5.41, 5.74) is 0.822. The Balaban J connectivity index is 2.96. The third kappa shape index (κ3) is 2.37. The minimum Gasteiger partial charge on any atom is -0.512 e. The summed E-state index contributed by atoms with van der Waals surface area (Å²) in [4.78, 5) is 11.6. The Morgan fingerprint density at radius 3 is 2.50 bits per heavy atom. The summed E-state index contributed by atoms with van der Waals surface area (Å²) >= 11 is 0. The maximum atomic E-state index is 11.6. The Bertz CT molecular complexity index is 272. The number of ketones is 1. The number of rotatable bonds is 1. The minimum atomic E-state index is 0.0582. The standard InChI is InChI=1S/C12H20O2/c1-8(2)11(14)9-7-12(3,4)6-5-10(9)13/h8,14H,5-7H2,1-4H3. The number of allylic oxidation sites excluding steroid dienone is 2. The second-order valence-corrected chi connectivity index (χ2v) is 5.28. The molecule has 0 atom stereocenters. The van der Waals surface area contributed by atoms with E-state index in [2.05, 4.69) is 13.8 Å². The Labute approximate surface area is 86.0 Å². The third-order valence-corrected chi connectivity index (χ3v) is 2.88. The maximum Gasteiger partial charge on any atom is 0.162 e. The summed E-state index contributed by atoms with van der Waals surface area (Å²) in [6, 6.07) is 0. The van der Waals surface area contributed by atoms with Crippen LogP contribution in [0, 0.1) is 11.3 Å². The molecule has 0 aromatic carbocycles. The van der Waals surface area contributed by atoms with E-state index in [1.807, 2.05) is 13.8 Å². The highest BCUT2D eigenvalue weighted by atomic mass is 16.3. The Hall–Kier alpha value is -0.790. The molecular weight excluding hydrogens is 176 g/mol. The van der Waals surface area contributed by atoms with Crippen LogP contribution in [-0.2, 0) is 4.79 Å². The lowest BCUT2D eigenvalue weighted by atomic mass is 9.73. The van der Waals surface area contributed by atoms with Crippen LogP contribution < -0.4 is 0 Å².